The van der Waals surface area contributed by atoms with Gasteiger partial charge in [0.15, 0.2) is 11.6 Å². The van der Waals surface area contributed by atoms with E-state index in [0.717, 1.165) is 37.3 Å². The maximum absolute atomic E-state index is 5.86. The van der Waals surface area contributed by atoms with Gasteiger partial charge in [0.05, 0.1) is 5.69 Å². The zero-order chi connectivity index (χ0) is 12.5. The molecule has 96 valence electrons. The van der Waals surface area contributed by atoms with Gasteiger partial charge in [-0.25, -0.2) is 9.36 Å². The molecule has 0 amide bonds. The van der Waals surface area contributed by atoms with Gasteiger partial charge in [0, 0.05) is 12.5 Å². The minimum Gasteiger partial charge on any atom is -0.381 e. The van der Waals surface area contributed by atoms with Crippen LogP contribution in [-0.2, 0) is 13.1 Å². The van der Waals surface area contributed by atoms with Crippen LogP contribution in [-0.4, -0.2) is 35.2 Å². The van der Waals surface area contributed by atoms with E-state index in [1.165, 1.54) is 0 Å². The molecule has 1 saturated carbocycles. The molecule has 2 aromatic rings. The molecular formula is C10H16N8. The molecule has 0 radical (unpaired) electrons. The van der Waals surface area contributed by atoms with Gasteiger partial charge in [-0.15, -0.1) is 10.2 Å². The Morgan fingerprint density at radius 3 is 2.78 bits per heavy atom. The smallest absolute Gasteiger partial charge is 0.172 e. The van der Waals surface area contributed by atoms with E-state index in [9.17, 15) is 0 Å². The van der Waals surface area contributed by atoms with Crippen LogP contribution in [0.2, 0.25) is 0 Å². The summed E-state index contributed by atoms with van der Waals surface area (Å²) in [5.41, 5.74) is 6.88. The van der Waals surface area contributed by atoms with Crippen molar-refractivity contribution in [1.82, 2.24) is 35.2 Å². The number of nitrogens with zero attached hydrogens (tertiary/aromatic N) is 7. The third-order valence-corrected chi connectivity index (χ3v) is 3.10. The van der Waals surface area contributed by atoms with Gasteiger partial charge in [-0.2, -0.15) is 0 Å². The summed E-state index contributed by atoms with van der Waals surface area (Å²) in [7, 11) is 0. The van der Waals surface area contributed by atoms with E-state index in [1.54, 1.807) is 4.68 Å². The molecule has 8 heteroatoms. The van der Waals surface area contributed by atoms with Gasteiger partial charge in [-0.05, 0) is 29.7 Å². The van der Waals surface area contributed by atoms with Gasteiger partial charge < -0.3 is 5.73 Å². The molecule has 18 heavy (non-hydrogen) atoms. The standard InChI is InChI=1S/C10H16N8/c1-2-5-17-8(12-14-16-17)6-18-9(7-3-4-7)10(11)13-15-18/h7H,2-6,11H2,1H3. The highest BCUT2D eigenvalue weighted by molar-refractivity contribution is 5.38. The first kappa shape index (κ1) is 11.1. The molecular weight excluding hydrogens is 232 g/mol. The average molecular weight is 248 g/mol. The quantitative estimate of drug-likeness (QED) is 0.810. The summed E-state index contributed by atoms with van der Waals surface area (Å²) in [4.78, 5) is 0. The normalized spacial score (nSPS) is 15.2. The van der Waals surface area contributed by atoms with Gasteiger partial charge in [-0.1, -0.05) is 12.1 Å². The van der Waals surface area contributed by atoms with Gasteiger partial charge in [0.25, 0.3) is 0 Å². The number of tetrazole rings is 1. The molecule has 2 aromatic heterocycles. The second-order valence-corrected chi connectivity index (χ2v) is 4.61. The van der Waals surface area contributed by atoms with Crippen molar-refractivity contribution in [3.05, 3.63) is 11.5 Å². The molecule has 0 unspecified atom stereocenters. The molecule has 0 bridgehead atoms. The Bertz CT molecular complexity index is 538. The predicted molar refractivity (Wildman–Crippen MR) is 63.6 cm³/mol. The zero-order valence-electron chi connectivity index (χ0n) is 10.3. The molecule has 0 atom stereocenters. The van der Waals surface area contributed by atoms with E-state index in [0.29, 0.717) is 18.3 Å². The van der Waals surface area contributed by atoms with Gasteiger partial charge in [-0.3, -0.25) is 0 Å². The molecule has 0 saturated heterocycles. The summed E-state index contributed by atoms with van der Waals surface area (Å²) in [6, 6.07) is 0. The maximum atomic E-state index is 5.86. The second kappa shape index (κ2) is 4.35. The number of aryl methyl sites for hydroxylation is 1. The van der Waals surface area contributed by atoms with E-state index < -0.39 is 0 Å². The van der Waals surface area contributed by atoms with E-state index in [-0.39, 0.29) is 0 Å². The van der Waals surface area contributed by atoms with Gasteiger partial charge >= 0.3 is 0 Å². The Kier molecular flexibility index (Phi) is 2.69. The van der Waals surface area contributed by atoms with Crippen molar-refractivity contribution in [3.63, 3.8) is 0 Å². The van der Waals surface area contributed by atoms with Crippen molar-refractivity contribution in [3.8, 4) is 0 Å². The van der Waals surface area contributed by atoms with Crippen LogP contribution in [0.3, 0.4) is 0 Å². The highest BCUT2D eigenvalue weighted by Gasteiger charge is 2.31. The van der Waals surface area contributed by atoms with Crippen molar-refractivity contribution in [1.29, 1.82) is 0 Å². The molecule has 2 N–H and O–H groups in total. The fraction of sp³-hybridized carbons (Fsp3) is 0.700. The monoisotopic (exact) mass is 248 g/mol. The lowest BCUT2D eigenvalue weighted by Gasteiger charge is -2.05. The first-order valence-electron chi connectivity index (χ1n) is 6.23. The molecule has 1 aliphatic carbocycles. The number of hydrogen-bond acceptors (Lipinski definition) is 6. The summed E-state index contributed by atoms with van der Waals surface area (Å²) in [5.74, 6) is 1.84. The molecule has 3 rings (SSSR count). The van der Waals surface area contributed by atoms with E-state index in [1.807, 2.05) is 4.68 Å². The van der Waals surface area contributed by atoms with E-state index >= 15 is 0 Å². The Balaban J connectivity index is 1.85. The lowest BCUT2D eigenvalue weighted by atomic mass is 10.3. The SMILES string of the molecule is CCCn1nnnc1Cn1nnc(N)c1C1CC1. The Labute approximate surface area is 104 Å². The van der Waals surface area contributed by atoms with Crippen LogP contribution in [0, 0.1) is 0 Å². The fourth-order valence-corrected chi connectivity index (χ4v) is 2.08. The summed E-state index contributed by atoms with van der Waals surface area (Å²) >= 11 is 0. The van der Waals surface area contributed by atoms with Crippen LogP contribution in [0.4, 0.5) is 5.82 Å². The van der Waals surface area contributed by atoms with Crippen LogP contribution >= 0.6 is 0 Å². The van der Waals surface area contributed by atoms with Crippen LogP contribution in [0.1, 0.15) is 43.6 Å². The lowest BCUT2D eigenvalue weighted by Crippen LogP contribution is -2.13. The van der Waals surface area contributed by atoms with Crippen LogP contribution in [0.25, 0.3) is 0 Å². The summed E-state index contributed by atoms with van der Waals surface area (Å²) in [5, 5.41) is 19.7. The van der Waals surface area contributed by atoms with Crippen molar-refractivity contribution in [2.45, 2.75) is 45.2 Å². The summed E-state index contributed by atoms with van der Waals surface area (Å²) < 4.78 is 3.62. The first-order valence-corrected chi connectivity index (χ1v) is 6.23. The molecule has 0 spiro atoms. The minimum atomic E-state index is 0.510. The van der Waals surface area contributed by atoms with Crippen molar-refractivity contribution in [2.24, 2.45) is 0 Å². The zero-order valence-corrected chi connectivity index (χ0v) is 10.3. The number of nitrogens with two attached hydrogens (primary N) is 1. The molecule has 8 nitrogen and oxygen atoms in total. The van der Waals surface area contributed by atoms with E-state index in [4.69, 9.17) is 5.73 Å². The van der Waals surface area contributed by atoms with Crippen molar-refractivity contribution in [2.75, 3.05) is 5.73 Å². The summed E-state index contributed by atoms with van der Waals surface area (Å²) in [6.07, 6.45) is 3.32. The molecule has 1 fully saturated rings. The fourth-order valence-electron chi connectivity index (χ4n) is 2.08. The highest BCUT2D eigenvalue weighted by atomic mass is 15.6. The molecule has 1 aliphatic rings. The third kappa shape index (κ3) is 1.93. The molecule has 0 aliphatic heterocycles. The second-order valence-electron chi connectivity index (χ2n) is 4.61. The molecule has 0 aromatic carbocycles. The third-order valence-electron chi connectivity index (χ3n) is 3.10. The van der Waals surface area contributed by atoms with Crippen molar-refractivity contribution >= 4 is 5.82 Å². The van der Waals surface area contributed by atoms with Crippen LogP contribution in [0.15, 0.2) is 0 Å². The maximum Gasteiger partial charge on any atom is 0.172 e. The Morgan fingerprint density at radius 2 is 2.06 bits per heavy atom. The lowest BCUT2D eigenvalue weighted by molar-refractivity contribution is 0.519. The van der Waals surface area contributed by atoms with Crippen molar-refractivity contribution < 1.29 is 0 Å². The predicted octanol–water partition coefficient (Wildman–Crippen LogP) is 0.182. The Hall–Kier alpha value is -1.99. The topological polar surface area (TPSA) is 100 Å². The number of hydrogen-bond donors (Lipinski definition) is 1. The van der Waals surface area contributed by atoms with Crippen LogP contribution in [0.5, 0.6) is 0 Å². The first-order chi connectivity index (χ1) is 8.79. The molecule has 2 heterocycles. The highest BCUT2D eigenvalue weighted by Crippen LogP contribution is 2.41. The van der Waals surface area contributed by atoms with Gasteiger partial charge in [0.2, 0.25) is 0 Å². The number of rotatable bonds is 5. The number of anilines is 1. The van der Waals surface area contributed by atoms with E-state index in [2.05, 4.69) is 32.8 Å². The minimum absolute atomic E-state index is 0.510. The van der Waals surface area contributed by atoms with Crippen LogP contribution < -0.4 is 5.73 Å². The average Bonchev–Trinajstić information content (AvgIpc) is 3.00. The Morgan fingerprint density at radius 1 is 1.22 bits per heavy atom. The largest absolute Gasteiger partial charge is 0.381 e. The number of nitrogen functional groups attached to an aromatic ring is 1. The van der Waals surface area contributed by atoms with Gasteiger partial charge in [0.1, 0.15) is 6.54 Å². The number of aromatic nitrogens is 7. The summed E-state index contributed by atoms with van der Waals surface area (Å²) in [6.45, 7) is 3.43.